The average Bonchev–Trinajstić information content (AvgIpc) is 2.72. The Balaban J connectivity index is 1.55. The van der Waals surface area contributed by atoms with E-state index in [1.54, 1.807) is 30.0 Å². The third-order valence-electron chi connectivity index (χ3n) is 4.68. The molecule has 0 aliphatic heterocycles. The van der Waals surface area contributed by atoms with Crippen LogP contribution in [0.25, 0.3) is 0 Å². The summed E-state index contributed by atoms with van der Waals surface area (Å²) in [6.07, 6.45) is 0. The molecule has 30 heavy (non-hydrogen) atoms. The van der Waals surface area contributed by atoms with Gasteiger partial charge in [0.2, 0.25) is 0 Å². The lowest BCUT2D eigenvalue weighted by Gasteiger charge is -2.11. The van der Waals surface area contributed by atoms with Crippen molar-refractivity contribution in [2.45, 2.75) is 38.6 Å². The van der Waals surface area contributed by atoms with Crippen molar-refractivity contribution in [2.75, 3.05) is 0 Å². The van der Waals surface area contributed by atoms with Gasteiger partial charge in [-0.1, -0.05) is 36.0 Å². The number of rotatable bonds is 5. The van der Waals surface area contributed by atoms with Crippen LogP contribution in [0.3, 0.4) is 0 Å². The van der Waals surface area contributed by atoms with Crippen LogP contribution in [0.5, 0.6) is 0 Å². The fourth-order valence-corrected chi connectivity index (χ4v) is 3.81. The molecule has 6 nitrogen and oxygen atoms in total. The summed E-state index contributed by atoms with van der Waals surface area (Å²) in [5.74, 6) is -0.00901. The molecule has 2 aromatic carbocycles. The first-order chi connectivity index (χ1) is 14.3. The minimum atomic E-state index is -0.370. The molecule has 3 aromatic rings. The zero-order valence-electron chi connectivity index (χ0n) is 17.4. The summed E-state index contributed by atoms with van der Waals surface area (Å²) < 4.78 is 0. The Kier molecular flexibility index (Phi) is 6.84. The normalized spacial score (nSPS) is 10.5. The zero-order valence-corrected chi connectivity index (χ0v) is 18.3. The second-order valence-corrected chi connectivity index (χ2v) is 8.02. The van der Waals surface area contributed by atoms with Gasteiger partial charge in [0.1, 0.15) is 0 Å². The van der Waals surface area contributed by atoms with Crippen LogP contribution >= 0.6 is 11.8 Å². The summed E-state index contributed by atoms with van der Waals surface area (Å²) in [4.78, 5) is 33.5. The van der Waals surface area contributed by atoms with Crippen molar-refractivity contribution in [3.63, 3.8) is 0 Å². The number of aromatic nitrogens is 2. The van der Waals surface area contributed by atoms with E-state index in [4.69, 9.17) is 0 Å². The van der Waals surface area contributed by atoms with Gasteiger partial charge in [-0.05, 0) is 68.7 Å². The highest BCUT2D eigenvalue weighted by molar-refractivity contribution is 7.98. The van der Waals surface area contributed by atoms with Crippen molar-refractivity contribution >= 4 is 23.6 Å². The summed E-state index contributed by atoms with van der Waals surface area (Å²) in [5, 5.41) is 0.739. The Morgan fingerprint density at radius 1 is 0.867 bits per heavy atom. The topological polar surface area (TPSA) is 84.0 Å². The molecule has 0 aliphatic rings. The summed E-state index contributed by atoms with van der Waals surface area (Å²) in [6.45, 7) is 7.72. The highest BCUT2D eigenvalue weighted by Crippen LogP contribution is 2.20. The first-order valence-electron chi connectivity index (χ1n) is 9.54. The lowest BCUT2D eigenvalue weighted by atomic mass is 10.0. The molecule has 154 valence electrons. The Morgan fingerprint density at radius 2 is 1.50 bits per heavy atom. The molecule has 2 N–H and O–H groups in total. The van der Waals surface area contributed by atoms with Crippen LogP contribution in [-0.4, -0.2) is 21.8 Å². The highest BCUT2D eigenvalue weighted by Gasteiger charge is 2.12. The number of nitrogens with one attached hydrogen (secondary N) is 2. The molecule has 7 heteroatoms. The maximum atomic E-state index is 12.3. The Labute approximate surface area is 180 Å². The SMILES string of the molecule is Cc1cc(C)nc(SCc2ccc(C(=O)NNC(=O)c3cccc(C)c3C)cc2)n1. The molecule has 3 rings (SSSR count). The zero-order chi connectivity index (χ0) is 21.7. The van der Waals surface area contributed by atoms with Crippen molar-refractivity contribution in [3.8, 4) is 0 Å². The molecule has 2 amide bonds. The Morgan fingerprint density at radius 3 is 2.17 bits per heavy atom. The van der Waals surface area contributed by atoms with Crippen LogP contribution in [0.15, 0.2) is 53.7 Å². The van der Waals surface area contributed by atoms with E-state index in [2.05, 4.69) is 20.8 Å². The predicted octanol–water partition coefficient (Wildman–Crippen LogP) is 4.08. The van der Waals surface area contributed by atoms with Crippen LogP contribution in [0.4, 0.5) is 0 Å². The first kappa shape index (κ1) is 21.5. The van der Waals surface area contributed by atoms with Crippen molar-refractivity contribution < 1.29 is 9.59 Å². The monoisotopic (exact) mass is 420 g/mol. The molecule has 0 fully saturated rings. The van der Waals surface area contributed by atoms with Gasteiger partial charge in [0, 0.05) is 28.3 Å². The van der Waals surface area contributed by atoms with E-state index in [1.807, 2.05) is 58.0 Å². The second-order valence-electron chi connectivity index (χ2n) is 7.07. The van der Waals surface area contributed by atoms with Gasteiger partial charge in [0.15, 0.2) is 5.16 Å². The van der Waals surface area contributed by atoms with E-state index >= 15 is 0 Å². The maximum Gasteiger partial charge on any atom is 0.269 e. The van der Waals surface area contributed by atoms with Gasteiger partial charge < -0.3 is 0 Å². The van der Waals surface area contributed by atoms with E-state index in [0.717, 1.165) is 33.2 Å². The predicted molar refractivity (Wildman–Crippen MR) is 118 cm³/mol. The fraction of sp³-hybridized carbons (Fsp3) is 0.217. The number of aryl methyl sites for hydroxylation is 3. The van der Waals surface area contributed by atoms with E-state index < -0.39 is 0 Å². The Hall–Kier alpha value is -3.19. The minimum absolute atomic E-state index is 0.342. The van der Waals surface area contributed by atoms with Gasteiger partial charge in [0.25, 0.3) is 11.8 Å². The van der Waals surface area contributed by atoms with Crippen molar-refractivity contribution in [3.05, 3.63) is 87.7 Å². The largest absolute Gasteiger partial charge is 0.269 e. The van der Waals surface area contributed by atoms with Crippen LogP contribution in [-0.2, 0) is 5.75 Å². The number of amides is 2. The van der Waals surface area contributed by atoms with Gasteiger partial charge in [-0.3, -0.25) is 20.4 Å². The molecular formula is C23H24N4O2S. The summed E-state index contributed by atoms with van der Waals surface area (Å²) in [5.41, 5.74) is 10.8. The van der Waals surface area contributed by atoms with Gasteiger partial charge in [-0.15, -0.1) is 0 Å². The van der Waals surface area contributed by atoms with Gasteiger partial charge >= 0.3 is 0 Å². The summed E-state index contributed by atoms with van der Waals surface area (Å²) in [6, 6.07) is 14.7. The standard InChI is InChI=1S/C23H24N4O2S/c1-14-6-5-7-20(17(14)4)22(29)27-26-21(28)19-10-8-18(9-11-19)13-30-23-24-15(2)12-16(3)25-23/h5-12H,13H2,1-4H3,(H,26,28)(H,27,29). The number of hydrogen-bond donors (Lipinski definition) is 2. The number of nitrogens with zero attached hydrogens (tertiary/aromatic N) is 2. The smallest absolute Gasteiger partial charge is 0.267 e. The molecule has 0 spiro atoms. The number of hydrazine groups is 1. The lowest BCUT2D eigenvalue weighted by Crippen LogP contribution is -2.41. The first-order valence-corrected chi connectivity index (χ1v) is 10.5. The van der Waals surface area contributed by atoms with Gasteiger partial charge in [-0.2, -0.15) is 0 Å². The quantitative estimate of drug-likeness (QED) is 0.369. The molecule has 0 atom stereocenters. The number of carbonyl (C=O) groups excluding carboxylic acids is 2. The summed E-state index contributed by atoms with van der Waals surface area (Å²) in [7, 11) is 0. The molecule has 0 saturated heterocycles. The average molecular weight is 421 g/mol. The van der Waals surface area contributed by atoms with Crippen LogP contribution in [0, 0.1) is 27.7 Å². The third kappa shape index (κ3) is 5.45. The van der Waals surface area contributed by atoms with Crippen LogP contribution in [0.2, 0.25) is 0 Å². The van der Waals surface area contributed by atoms with E-state index in [0.29, 0.717) is 16.9 Å². The van der Waals surface area contributed by atoms with Gasteiger partial charge in [-0.25, -0.2) is 9.97 Å². The van der Waals surface area contributed by atoms with E-state index in [9.17, 15) is 9.59 Å². The molecule has 0 saturated carbocycles. The molecule has 0 aliphatic carbocycles. The van der Waals surface area contributed by atoms with Crippen LogP contribution in [0.1, 0.15) is 48.8 Å². The second kappa shape index (κ2) is 9.54. The molecule has 1 heterocycles. The molecular weight excluding hydrogens is 396 g/mol. The third-order valence-corrected chi connectivity index (χ3v) is 5.60. The van der Waals surface area contributed by atoms with Crippen molar-refractivity contribution in [1.82, 2.24) is 20.8 Å². The Bertz CT molecular complexity index is 1060. The minimum Gasteiger partial charge on any atom is -0.267 e. The van der Waals surface area contributed by atoms with Crippen LogP contribution < -0.4 is 10.9 Å². The number of thioether (sulfide) groups is 1. The number of hydrogen-bond acceptors (Lipinski definition) is 5. The summed E-state index contributed by atoms with van der Waals surface area (Å²) >= 11 is 1.55. The van der Waals surface area contributed by atoms with E-state index in [-0.39, 0.29) is 11.8 Å². The van der Waals surface area contributed by atoms with Crippen molar-refractivity contribution in [2.24, 2.45) is 0 Å². The number of benzene rings is 2. The maximum absolute atomic E-state index is 12.3. The fourth-order valence-electron chi connectivity index (χ4n) is 2.91. The highest BCUT2D eigenvalue weighted by atomic mass is 32.2. The van der Waals surface area contributed by atoms with Crippen molar-refractivity contribution in [1.29, 1.82) is 0 Å². The molecule has 0 bridgehead atoms. The lowest BCUT2D eigenvalue weighted by molar-refractivity contribution is 0.0846. The van der Waals surface area contributed by atoms with E-state index in [1.165, 1.54) is 0 Å². The molecule has 1 aromatic heterocycles. The number of carbonyl (C=O) groups is 2. The van der Waals surface area contributed by atoms with Gasteiger partial charge in [0.05, 0.1) is 0 Å². The molecule has 0 radical (unpaired) electrons. The molecule has 0 unspecified atom stereocenters.